The Hall–Kier alpha value is -4.02. The standard InChI is InChI=1S/C18H14N2O9/c1-10(28-18(26)29-20-15(23)7-8-16(20)24)27-17(25)11-3-2-4-12(9-11)19-13(21)5-6-14(19)22/h2-6,9-10H,7-8H2,1H3. The third-order valence-corrected chi connectivity index (χ3v) is 3.86. The van der Waals surface area contributed by atoms with Crippen LogP contribution in [0.15, 0.2) is 36.4 Å². The summed E-state index contributed by atoms with van der Waals surface area (Å²) < 4.78 is 9.63. The first kappa shape index (κ1) is 19.7. The minimum Gasteiger partial charge on any atom is -0.422 e. The number of anilines is 1. The number of hydrogen-bond acceptors (Lipinski definition) is 9. The van der Waals surface area contributed by atoms with Gasteiger partial charge in [0.15, 0.2) is 0 Å². The van der Waals surface area contributed by atoms with E-state index in [2.05, 4.69) is 9.57 Å². The molecule has 0 saturated carbocycles. The Balaban J connectivity index is 1.58. The van der Waals surface area contributed by atoms with Crippen molar-refractivity contribution in [3.8, 4) is 0 Å². The van der Waals surface area contributed by atoms with E-state index < -0.39 is 42.0 Å². The third-order valence-electron chi connectivity index (χ3n) is 3.86. The minimum atomic E-state index is -1.41. The van der Waals surface area contributed by atoms with Gasteiger partial charge in [0.05, 0.1) is 11.3 Å². The second-order valence-electron chi connectivity index (χ2n) is 5.91. The summed E-state index contributed by atoms with van der Waals surface area (Å²) in [6.07, 6.45) is -0.769. The highest BCUT2D eigenvalue weighted by Gasteiger charge is 2.34. The summed E-state index contributed by atoms with van der Waals surface area (Å²) in [5.41, 5.74) is 0.155. The predicted octanol–water partition coefficient (Wildman–Crippen LogP) is 0.836. The maximum Gasteiger partial charge on any atom is 0.537 e. The normalized spacial score (nSPS) is 17.0. The smallest absolute Gasteiger partial charge is 0.422 e. The fourth-order valence-electron chi connectivity index (χ4n) is 2.56. The Bertz CT molecular complexity index is 918. The molecule has 0 bridgehead atoms. The van der Waals surface area contributed by atoms with Crippen molar-refractivity contribution >= 4 is 41.4 Å². The van der Waals surface area contributed by atoms with E-state index in [1.165, 1.54) is 31.2 Å². The number of esters is 1. The molecule has 1 atom stereocenters. The Labute approximate surface area is 163 Å². The third kappa shape index (κ3) is 4.29. The summed E-state index contributed by atoms with van der Waals surface area (Å²) in [7, 11) is 0. The van der Waals surface area contributed by atoms with Crippen LogP contribution >= 0.6 is 0 Å². The first-order chi connectivity index (χ1) is 13.8. The largest absolute Gasteiger partial charge is 0.537 e. The predicted molar refractivity (Wildman–Crippen MR) is 91.6 cm³/mol. The van der Waals surface area contributed by atoms with E-state index in [4.69, 9.17) is 4.74 Å². The maximum atomic E-state index is 12.2. The molecule has 29 heavy (non-hydrogen) atoms. The highest BCUT2D eigenvalue weighted by atomic mass is 16.9. The van der Waals surface area contributed by atoms with Gasteiger partial charge >= 0.3 is 12.1 Å². The summed E-state index contributed by atoms with van der Waals surface area (Å²) >= 11 is 0. The Morgan fingerprint density at radius 1 is 0.966 bits per heavy atom. The molecule has 2 heterocycles. The first-order valence-corrected chi connectivity index (χ1v) is 8.38. The Morgan fingerprint density at radius 2 is 1.59 bits per heavy atom. The minimum absolute atomic E-state index is 0.0104. The molecule has 0 radical (unpaired) electrons. The van der Waals surface area contributed by atoms with E-state index in [0.29, 0.717) is 5.06 Å². The topological polar surface area (TPSA) is 137 Å². The van der Waals surface area contributed by atoms with Crippen molar-refractivity contribution in [2.45, 2.75) is 26.1 Å². The molecule has 2 aliphatic rings. The van der Waals surface area contributed by atoms with Crippen molar-refractivity contribution in [2.24, 2.45) is 0 Å². The molecule has 11 heteroatoms. The fourth-order valence-corrected chi connectivity index (χ4v) is 2.56. The van der Waals surface area contributed by atoms with Crippen LogP contribution in [-0.4, -0.2) is 47.1 Å². The Kier molecular flexibility index (Phi) is 5.39. The average Bonchev–Trinajstić information content (AvgIpc) is 3.17. The van der Waals surface area contributed by atoms with Gasteiger partial charge in [0, 0.05) is 31.9 Å². The summed E-state index contributed by atoms with van der Waals surface area (Å²) in [6, 6.07) is 5.53. The van der Waals surface area contributed by atoms with Gasteiger partial charge in [0.2, 0.25) is 6.29 Å². The van der Waals surface area contributed by atoms with Gasteiger partial charge in [-0.3, -0.25) is 24.0 Å². The zero-order chi connectivity index (χ0) is 21.1. The quantitative estimate of drug-likeness (QED) is 0.398. The average molecular weight is 402 g/mol. The maximum absolute atomic E-state index is 12.2. The van der Waals surface area contributed by atoms with Crippen molar-refractivity contribution in [3.05, 3.63) is 42.0 Å². The number of nitrogens with zero attached hydrogens (tertiary/aromatic N) is 2. The number of hydroxylamine groups is 2. The molecule has 2 aliphatic heterocycles. The van der Waals surface area contributed by atoms with Crippen LogP contribution in [0.3, 0.4) is 0 Å². The number of hydrogen-bond donors (Lipinski definition) is 0. The summed E-state index contributed by atoms with van der Waals surface area (Å²) in [6.45, 7) is 1.22. The second kappa shape index (κ2) is 7.92. The second-order valence-corrected chi connectivity index (χ2v) is 5.91. The van der Waals surface area contributed by atoms with Gasteiger partial charge in [-0.05, 0) is 18.2 Å². The van der Waals surface area contributed by atoms with Gasteiger partial charge in [0.25, 0.3) is 23.6 Å². The number of rotatable bonds is 5. The zero-order valence-electron chi connectivity index (χ0n) is 15.0. The molecule has 1 saturated heterocycles. The number of carbonyl (C=O) groups is 6. The number of amides is 4. The van der Waals surface area contributed by atoms with Gasteiger partial charge in [-0.25, -0.2) is 14.5 Å². The summed E-state index contributed by atoms with van der Waals surface area (Å²) in [5.74, 6) is -3.38. The molecule has 4 amide bonds. The number of imide groups is 2. The molecule has 1 aromatic carbocycles. The molecule has 0 aliphatic carbocycles. The molecule has 150 valence electrons. The first-order valence-electron chi connectivity index (χ1n) is 8.38. The van der Waals surface area contributed by atoms with Crippen LogP contribution in [0.5, 0.6) is 0 Å². The van der Waals surface area contributed by atoms with E-state index in [9.17, 15) is 28.8 Å². The lowest BCUT2D eigenvalue weighted by atomic mass is 10.2. The van der Waals surface area contributed by atoms with Crippen LogP contribution in [0, 0.1) is 0 Å². The highest BCUT2D eigenvalue weighted by molar-refractivity contribution is 6.28. The highest BCUT2D eigenvalue weighted by Crippen LogP contribution is 2.21. The lowest BCUT2D eigenvalue weighted by Gasteiger charge is -2.17. The number of benzene rings is 1. The molecule has 1 unspecified atom stereocenters. The lowest BCUT2D eigenvalue weighted by Crippen LogP contribution is -2.34. The van der Waals surface area contributed by atoms with Crippen LogP contribution in [0.25, 0.3) is 0 Å². The molecule has 1 aromatic rings. The van der Waals surface area contributed by atoms with Gasteiger partial charge in [0.1, 0.15) is 0 Å². The molecule has 0 spiro atoms. The number of ether oxygens (including phenoxy) is 2. The zero-order valence-corrected chi connectivity index (χ0v) is 15.0. The van der Waals surface area contributed by atoms with E-state index in [1.54, 1.807) is 0 Å². The molecular weight excluding hydrogens is 388 g/mol. The Morgan fingerprint density at radius 3 is 2.21 bits per heavy atom. The van der Waals surface area contributed by atoms with Crippen LogP contribution < -0.4 is 4.90 Å². The van der Waals surface area contributed by atoms with Crippen molar-refractivity contribution < 1.29 is 43.1 Å². The molecule has 0 aromatic heterocycles. The fraction of sp³-hybridized carbons (Fsp3) is 0.222. The van der Waals surface area contributed by atoms with Crippen LogP contribution in [0.4, 0.5) is 10.5 Å². The molecule has 1 fully saturated rings. The van der Waals surface area contributed by atoms with Gasteiger partial charge in [-0.15, -0.1) is 0 Å². The lowest BCUT2D eigenvalue weighted by molar-refractivity contribution is -0.183. The van der Waals surface area contributed by atoms with Crippen molar-refractivity contribution in [2.75, 3.05) is 4.90 Å². The van der Waals surface area contributed by atoms with E-state index in [0.717, 1.165) is 17.1 Å². The van der Waals surface area contributed by atoms with E-state index >= 15 is 0 Å². The monoisotopic (exact) mass is 402 g/mol. The number of carbonyl (C=O) groups excluding carboxylic acids is 6. The van der Waals surface area contributed by atoms with Crippen LogP contribution in [0.2, 0.25) is 0 Å². The molecule has 0 N–H and O–H groups in total. The summed E-state index contributed by atoms with van der Waals surface area (Å²) in [4.78, 5) is 75.5. The van der Waals surface area contributed by atoms with Gasteiger partial charge in [-0.1, -0.05) is 11.1 Å². The van der Waals surface area contributed by atoms with Gasteiger partial charge < -0.3 is 9.47 Å². The van der Waals surface area contributed by atoms with Crippen LogP contribution in [0.1, 0.15) is 30.1 Å². The van der Waals surface area contributed by atoms with Crippen LogP contribution in [-0.2, 0) is 33.5 Å². The SMILES string of the molecule is CC(OC(=O)ON1C(=O)CCC1=O)OC(=O)c1cccc(N2C(=O)C=CC2=O)c1. The van der Waals surface area contributed by atoms with E-state index in [1.807, 2.05) is 0 Å². The van der Waals surface area contributed by atoms with Gasteiger partial charge in [-0.2, -0.15) is 0 Å². The molecular formula is C18H14N2O9. The molecule has 3 rings (SSSR count). The van der Waals surface area contributed by atoms with Crippen molar-refractivity contribution in [3.63, 3.8) is 0 Å². The van der Waals surface area contributed by atoms with Crippen molar-refractivity contribution in [1.82, 2.24) is 5.06 Å². The summed E-state index contributed by atoms with van der Waals surface area (Å²) in [5, 5.41) is 0.290. The van der Waals surface area contributed by atoms with Crippen molar-refractivity contribution in [1.29, 1.82) is 0 Å². The molecule has 11 nitrogen and oxygen atoms in total. The van der Waals surface area contributed by atoms with E-state index in [-0.39, 0.29) is 24.1 Å².